The van der Waals surface area contributed by atoms with Gasteiger partial charge in [0, 0.05) is 63.1 Å². The number of nitrogens with zero attached hydrogens (tertiary/aromatic N) is 6. The normalized spacial score (nSPS) is 18.4. The van der Waals surface area contributed by atoms with E-state index in [9.17, 15) is 13.6 Å². The lowest BCUT2D eigenvalue weighted by Gasteiger charge is -2.34. The van der Waals surface area contributed by atoms with Crippen molar-refractivity contribution in [3.05, 3.63) is 35.4 Å². The Kier molecular flexibility index (Phi) is 4.94. The van der Waals surface area contributed by atoms with Gasteiger partial charge in [0.2, 0.25) is 5.91 Å². The molecule has 1 aliphatic carbocycles. The van der Waals surface area contributed by atoms with Crippen molar-refractivity contribution in [1.82, 2.24) is 29.4 Å². The number of aromatic nitrogens is 4. The summed E-state index contributed by atoms with van der Waals surface area (Å²) >= 11 is 0. The highest BCUT2D eigenvalue weighted by atomic mass is 19.3. The Morgan fingerprint density at radius 1 is 1.26 bits per heavy atom. The van der Waals surface area contributed by atoms with Gasteiger partial charge in [-0.15, -0.1) is 0 Å². The molecule has 7 nitrogen and oxygen atoms in total. The van der Waals surface area contributed by atoms with E-state index in [1.807, 2.05) is 19.4 Å². The Hall–Kier alpha value is -2.29. The van der Waals surface area contributed by atoms with Crippen molar-refractivity contribution in [3.63, 3.8) is 0 Å². The van der Waals surface area contributed by atoms with Gasteiger partial charge < -0.3 is 4.90 Å². The number of alkyl halides is 2. The highest BCUT2D eigenvalue weighted by molar-refractivity contribution is 5.76. The number of hydrogen-bond donors (Lipinski definition) is 0. The molecule has 146 valence electrons. The van der Waals surface area contributed by atoms with Gasteiger partial charge in [0.15, 0.2) is 0 Å². The Morgan fingerprint density at radius 2 is 2.00 bits per heavy atom. The van der Waals surface area contributed by atoms with Crippen LogP contribution in [-0.4, -0.2) is 61.4 Å². The highest BCUT2D eigenvalue weighted by Crippen LogP contribution is 2.41. The predicted molar refractivity (Wildman–Crippen MR) is 94.2 cm³/mol. The zero-order chi connectivity index (χ0) is 19.0. The van der Waals surface area contributed by atoms with Gasteiger partial charge in [-0.05, 0) is 18.9 Å². The molecular formula is C18H24F2N6O. The molecule has 1 aliphatic heterocycles. The molecular weight excluding hydrogens is 354 g/mol. The van der Waals surface area contributed by atoms with Gasteiger partial charge in [0.05, 0.1) is 6.20 Å². The number of halogens is 2. The lowest BCUT2D eigenvalue weighted by atomic mass is 10.2. The summed E-state index contributed by atoms with van der Waals surface area (Å²) in [4.78, 5) is 16.8. The minimum atomic E-state index is -2.60. The van der Waals surface area contributed by atoms with Crippen LogP contribution in [-0.2, 0) is 24.9 Å². The smallest absolute Gasteiger partial charge is 0.282 e. The fraction of sp³-hybridized carbons (Fsp3) is 0.611. The zero-order valence-electron chi connectivity index (χ0n) is 15.4. The number of carbonyl (C=O) groups excluding carboxylic acids is 1. The third kappa shape index (κ3) is 4.18. The molecule has 1 amide bonds. The van der Waals surface area contributed by atoms with Crippen LogP contribution in [0.15, 0.2) is 18.5 Å². The second-order valence-electron chi connectivity index (χ2n) is 7.41. The molecule has 1 saturated carbocycles. The first-order valence-electron chi connectivity index (χ1n) is 9.33. The van der Waals surface area contributed by atoms with Crippen molar-refractivity contribution >= 4 is 5.91 Å². The molecule has 3 heterocycles. The summed E-state index contributed by atoms with van der Waals surface area (Å²) in [7, 11) is 1.89. The van der Waals surface area contributed by atoms with Crippen molar-refractivity contribution in [3.8, 4) is 0 Å². The first-order chi connectivity index (χ1) is 13.0. The number of hydrogen-bond acceptors (Lipinski definition) is 4. The van der Waals surface area contributed by atoms with Gasteiger partial charge in [-0.2, -0.15) is 10.2 Å². The van der Waals surface area contributed by atoms with Gasteiger partial charge in [-0.1, -0.05) is 0 Å². The lowest BCUT2D eigenvalue weighted by Crippen LogP contribution is -2.49. The SMILES string of the molecule is Cn1cc(CN2CCN(C(=O)Cn3nc(C(F)F)cc3C3CC3)CC2)cn1. The lowest BCUT2D eigenvalue weighted by molar-refractivity contribution is -0.133. The van der Waals surface area contributed by atoms with Crippen LogP contribution in [0, 0.1) is 0 Å². The van der Waals surface area contributed by atoms with Gasteiger partial charge in [0.25, 0.3) is 6.43 Å². The number of carbonyl (C=O) groups is 1. The third-order valence-corrected chi connectivity index (χ3v) is 5.22. The predicted octanol–water partition coefficient (Wildman–Crippen LogP) is 1.78. The minimum absolute atomic E-state index is 0.0428. The minimum Gasteiger partial charge on any atom is -0.339 e. The van der Waals surface area contributed by atoms with Crippen LogP contribution in [0.25, 0.3) is 0 Å². The summed E-state index contributed by atoms with van der Waals surface area (Å²) in [5, 5.41) is 8.15. The summed E-state index contributed by atoms with van der Waals surface area (Å²) in [6.45, 7) is 3.72. The molecule has 0 bridgehead atoms. The van der Waals surface area contributed by atoms with Crippen molar-refractivity contribution in [2.45, 2.75) is 38.3 Å². The van der Waals surface area contributed by atoms with Crippen LogP contribution < -0.4 is 0 Å². The fourth-order valence-electron chi connectivity index (χ4n) is 3.59. The standard InChI is InChI=1S/C18H24F2N6O/c1-23-10-13(9-21-23)11-24-4-6-25(7-5-24)17(27)12-26-16(14-2-3-14)8-15(22-26)18(19)20/h8-10,14,18H,2-7,11-12H2,1H3. The van der Waals surface area contributed by atoms with Crippen LogP contribution in [0.1, 0.15) is 42.1 Å². The van der Waals surface area contributed by atoms with Crippen molar-refractivity contribution in [1.29, 1.82) is 0 Å². The quantitative estimate of drug-likeness (QED) is 0.769. The second-order valence-corrected chi connectivity index (χ2v) is 7.41. The molecule has 1 saturated heterocycles. The van der Waals surface area contributed by atoms with Crippen LogP contribution in [0.5, 0.6) is 0 Å². The maximum Gasteiger partial charge on any atom is 0.282 e. The molecule has 0 unspecified atom stereocenters. The molecule has 2 aliphatic rings. The topological polar surface area (TPSA) is 59.2 Å². The Labute approximate surface area is 156 Å². The molecule has 0 atom stereocenters. The number of piperazine rings is 1. The van der Waals surface area contributed by atoms with E-state index >= 15 is 0 Å². The van der Waals surface area contributed by atoms with Crippen LogP contribution in [0.2, 0.25) is 0 Å². The van der Waals surface area contributed by atoms with Gasteiger partial charge in [-0.25, -0.2) is 8.78 Å². The molecule has 4 rings (SSSR count). The van der Waals surface area contributed by atoms with Crippen LogP contribution in [0.3, 0.4) is 0 Å². The molecule has 27 heavy (non-hydrogen) atoms. The summed E-state index contributed by atoms with van der Waals surface area (Å²) in [5.41, 5.74) is 1.70. The van der Waals surface area contributed by atoms with Crippen LogP contribution in [0.4, 0.5) is 8.78 Å². The van der Waals surface area contributed by atoms with E-state index in [0.717, 1.165) is 43.7 Å². The fourth-order valence-corrected chi connectivity index (χ4v) is 3.59. The van der Waals surface area contributed by atoms with Crippen molar-refractivity contribution < 1.29 is 13.6 Å². The maximum atomic E-state index is 13.0. The Balaban J connectivity index is 1.33. The van der Waals surface area contributed by atoms with Crippen molar-refractivity contribution in [2.24, 2.45) is 7.05 Å². The maximum absolute atomic E-state index is 13.0. The van der Waals surface area contributed by atoms with E-state index in [2.05, 4.69) is 15.1 Å². The highest BCUT2D eigenvalue weighted by Gasteiger charge is 2.31. The van der Waals surface area contributed by atoms with E-state index in [1.165, 1.54) is 10.7 Å². The monoisotopic (exact) mass is 378 g/mol. The van der Waals surface area contributed by atoms with Gasteiger partial charge >= 0.3 is 0 Å². The first-order valence-corrected chi connectivity index (χ1v) is 9.33. The van der Waals surface area contributed by atoms with Gasteiger partial charge in [-0.3, -0.25) is 19.1 Å². The third-order valence-electron chi connectivity index (χ3n) is 5.22. The van der Waals surface area contributed by atoms with E-state index in [0.29, 0.717) is 13.1 Å². The largest absolute Gasteiger partial charge is 0.339 e. The number of rotatable bonds is 6. The molecule has 0 radical (unpaired) electrons. The second kappa shape index (κ2) is 7.38. The average molecular weight is 378 g/mol. The molecule has 0 aromatic carbocycles. The Morgan fingerprint density at radius 3 is 2.59 bits per heavy atom. The van der Waals surface area contributed by atoms with E-state index in [-0.39, 0.29) is 24.1 Å². The summed E-state index contributed by atoms with van der Waals surface area (Å²) in [6.07, 6.45) is 3.21. The van der Waals surface area contributed by atoms with Crippen molar-refractivity contribution in [2.75, 3.05) is 26.2 Å². The zero-order valence-corrected chi connectivity index (χ0v) is 15.4. The number of aryl methyl sites for hydroxylation is 1. The molecule has 9 heteroatoms. The molecule has 0 spiro atoms. The molecule has 0 N–H and O–H groups in total. The first kappa shape index (κ1) is 18.1. The average Bonchev–Trinajstić information content (AvgIpc) is 3.27. The van der Waals surface area contributed by atoms with Gasteiger partial charge in [0.1, 0.15) is 12.2 Å². The summed E-state index contributed by atoms with van der Waals surface area (Å²) in [5.74, 6) is 0.218. The molecule has 2 aromatic heterocycles. The summed E-state index contributed by atoms with van der Waals surface area (Å²) < 4.78 is 29.2. The van der Waals surface area contributed by atoms with E-state index < -0.39 is 6.43 Å². The Bertz CT molecular complexity index is 805. The van der Waals surface area contributed by atoms with E-state index in [4.69, 9.17) is 0 Å². The molecule has 2 aromatic rings. The van der Waals surface area contributed by atoms with Crippen LogP contribution >= 0.6 is 0 Å². The molecule has 2 fully saturated rings. The number of amides is 1. The van der Waals surface area contributed by atoms with E-state index in [1.54, 1.807) is 9.58 Å². The summed E-state index contributed by atoms with van der Waals surface area (Å²) in [6, 6.07) is 1.46.